The summed E-state index contributed by atoms with van der Waals surface area (Å²) in [5, 5.41) is 3.07. The molecule has 0 spiro atoms. The summed E-state index contributed by atoms with van der Waals surface area (Å²) in [6, 6.07) is 0.323. The molecule has 1 unspecified atom stereocenters. The molecule has 2 fully saturated rings. The lowest BCUT2D eigenvalue weighted by atomic mass is 10.1. The first kappa shape index (κ1) is 11.9. The van der Waals surface area contributed by atoms with E-state index in [2.05, 4.69) is 5.32 Å². The van der Waals surface area contributed by atoms with E-state index >= 15 is 0 Å². The van der Waals surface area contributed by atoms with Crippen molar-refractivity contribution in [3.05, 3.63) is 0 Å². The first-order chi connectivity index (χ1) is 7.84. The van der Waals surface area contributed by atoms with Gasteiger partial charge in [-0.05, 0) is 25.7 Å². The minimum atomic E-state index is -0.0473. The summed E-state index contributed by atoms with van der Waals surface area (Å²) >= 11 is 0. The summed E-state index contributed by atoms with van der Waals surface area (Å²) in [6.45, 7) is 1.61. The number of rotatable bonds is 3. The van der Waals surface area contributed by atoms with Gasteiger partial charge in [-0.1, -0.05) is 6.42 Å². The Morgan fingerprint density at radius 1 is 1.12 bits per heavy atom. The highest BCUT2D eigenvalue weighted by Crippen LogP contribution is 2.17. The van der Waals surface area contributed by atoms with E-state index in [1.54, 1.807) is 0 Å². The number of ether oxygens (including phenoxy) is 2. The minimum absolute atomic E-state index is 0.0473. The number of amides is 1. The van der Waals surface area contributed by atoms with Gasteiger partial charge in [0.1, 0.15) is 0 Å². The fourth-order valence-corrected chi connectivity index (χ4v) is 2.31. The number of nitrogens with one attached hydrogen (secondary N) is 1. The molecule has 2 heterocycles. The molecule has 1 N–H and O–H groups in total. The Labute approximate surface area is 96.7 Å². The maximum atomic E-state index is 11.4. The Morgan fingerprint density at radius 2 is 1.94 bits per heavy atom. The molecular formula is C12H21NO3. The molecule has 0 bridgehead atoms. The van der Waals surface area contributed by atoms with E-state index in [9.17, 15) is 4.79 Å². The molecule has 0 aromatic heterocycles. The molecular weight excluding hydrogens is 206 g/mol. The monoisotopic (exact) mass is 227 g/mol. The summed E-state index contributed by atoms with van der Waals surface area (Å²) in [7, 11) is 0. The van der Waals surface area contributed by atoms with Gasteiger partial charge in [0.15, 0.2) is 6.29 Å². The zero-order chi connectivity index (χ0) is 11.2. The van der Waals surface area contributed by atoms with E-state index < -0.39 is 0 Å². The van der Waals surface area contributed by atoms with Crippen molar-refractivity contribution in [3.63, 3.8) is 0 Å². The zero-order valence-corrected chi connectivity index (χ0v) is 9.74. The van der Waals surface area contributed by atoms with E-state index in [-0.39, 0.29) is 12.2 Å². The molecule has 0 saturated carbocycles. The second-order valence-electron chi connectivity index (χ2n) is 4.61. The van der Waals surface area contributed by atoms with Gasteiger partial charge in [0.25, 0.3) is 0 Å². The average molecular weight is 227 g/mol. The Bertz CT molecular complexity index is 226. The van der Waals surface area contributed by atoms with Gasteiger partial charge < -0.3 is 14.8 Å². The third-order valence-corrected chi connectivity index (χ3v) is 3.22. The third kappa shape index (κ3) is 3.76. The fraction of sp³-hybridized carbons (Fsp3) is 0.917. The van der Waals surface area contributed by atoms with Crippen molar-refractivity contribution >= 4 is 5.91 Å². The Balaban J connectivity index is 1.69. The molecule has 0 aromatic rings. The van der Waals surface area contributed by atoms with Crippen molar-refractivity contribution in [3.8, 4) is 0 Å². The van der Waals surface area contributed by atoms with Gasteiger partial charge in [0.2, 0.25) is 5.91 Å². The summed E-state index contributed by atoms with van der Waals surface area (Å²) in [5.41, 5.74) is 0. The Morgan fingerprint density at radius 3 is 2.75 bits per heavy atom. The van der Waals surface area contributed by atoms with Crippen molar-refractivity contribution in [2.45, 2.75) is 57.3 Å². The molecule has 16 heavy (non-hydrogen) atoms. The van der Waals surface area contributed by atoms with Crippen molar-refractivity contribution in [1.82, 2.24) is 5.32 Å². The quantitative estimate of drug-likeness (QED) is 0.796. The lowest BCUT2D eigenvalue weighted by Crippen LogP contribution is -2.34. The standard InChI is InChI=1S/C12H21NO3/c14-11-5-2-1-4-10(13-11)6-7-12-15-8-3-9-16-12/h10,12H,1-9H2,(H,13,14). The molecule has 0 radical (unpaired) electrons. The van der Waals surface area contributed by atoms with E-state index in [0.717, 1.165) is 51.7 Å². The van der Waals surface area contributed by atoms with Crippen LogP contribution < -0.4 is 5.32 Å². The number of carbonyl (C=O) groups excluding carboxylic acids is 1. The molecule has 0 aliphatic carbocycles. The lowest BCUT2D eigenvalue weighted by molar-refractivity contribution is -0.182. The van der Waals surface area contributed by atoms with Crippen molar-refractivity contribution < 1.29 is 14.3 Å². The second kappa shape index (κ2) is 6.21. The van der Waals surface area contributed by atoms with Gasteiger partial charge >= 0.3 is 0 Å². The highest BCUT2D eigenvalue weighted by molar-refractivity contribution is 5.76. The van der Waals surface area contributed by atoms with Gasteiger partial charge in [-0.2, -0.15) is 0 Å². The Hall–Kier alpha value is -0.610. The summed E-state index contributed by atoms with van der Waals surface area (Å²) in [4.78, 5) is 11.4. The van der Waals surface area contributed by atoms with Crippen LogP contribution in [0, 0.1) is 0 Å². The van der Waals surface area contributed by atoms with Gasteiger partial charge in [-0.15, -0.1) is 0 Å². The number of hydrogen-bond acceptors (Lipinski definition) is 3. The van der Waals surface area contributed by atoms with Gasteiger partial charge in [0, 0.05) is 18.9 Å². The van der Waals surface area contributed by atoms with Crippen molar-refractivity contribution in [1.29, 1.82) is 0 Å². The molecule has 4 heteroatoms. The molecule has 2 aliphatic rings. The second-order valence-corrected chi connectivity index (χ2v) is 4.61. The predicted molar refractivity (Wildman–Crippen MR) is 59.9 cm³/mol. The molecule has 1 atom stereocenters. The highest BCUT2D eigenvalue weighted by atomic mass is 16.7. The van der Waals surface area contributed by atoms with Crippen LogP contribution in [0.1, 0.15) is 44.9 Å². The normalized spacial score (nSPS) is 28.5. The molecule has 4 nitrogen and oxygen atoms in total. The maximum Gasteiger partial charge on any atom is 0.220 e. The van der Waals surface area contributed by atoms with Crippen LogP contribution in [0.15, 0.2) is 0 Å². The third-order valence-electron chi connectivity index (χ3n) is 3.22. The van der Waals surface area contributed by atoms with Crippen LogP contribution >= 0.6 is 0 Å². The van der Waals surface area contributed by atoms with Crippen LogP contribution in [0.4, 0.5) is 0 Å². The van der Waals surface area contributed by atoms with Crippen LogP contribution in [-0.2, 0) is 14.3 Å². The smallest absolute Gasteiger partial charge is 0.220 e. The maximum absolute atomic E-state index is 11.4. The summed E-state index contributed by atoms with van der Waals surface area (Å²) in [5.74, 6) is 0.202. The first-order valence-corrected chi connectivity index (χ1v) is 6.37. The van der Waals surface area contributed by atoms with E-state index in [4.69, 9.17) is 9.47 Å². The molecule has 1 amide bonds. The van der Waals surface area contributed by atoms with E-state index in [1.807, 2.05) is 0 Å². The number of carbonyl (C=O) groups is 1. The van der Waals surface area contributed by atoms with Crippen molar-refractivity contribution in [2.24, 2.45) is 0 Å². The predicted octanol–water partition coefficient (Wildman–Crippen LogP) is 1.59. The molecule has 92 valence electrons. The zero-order valence-electron chi connectivity index (χ0n) is 9.74. The van der Waals surface area contributed by atoms with Crippen LogP contribution in [-0.4, -0.2) is 31.5 Å². The van der Waals surface area contributed by atoms with Crippen LogP contribution in [0.3, 0.4) is 0 Å². The molecule has 2 rings (SSSR count). The van der Waals surface area contributed by atoms with E-state index in [0.29, 0.717) is 12.5 Å². The van der Waals surface area contributed by atoms with Gasteiger partial charge in [-0.25, -0.2) is 0 Å². The summed E-state index contributed by atoms with van der Waals surface area (Å²) in [6.07, 6.45) is 6.77. The number of hydrogen-bond donors (Lipinski definition) is 1. The van der Waals surface area contributed by atoms with Gasteiger partial charge in [-0.3, -0.25) is 4.79 Å². The minimum Gasteiger partial charge on any atom is -0.353 e. The highest BCUT2D eigenvalue weighted by Gasteiger charge is 2.20. The topological polar surface area (TPSA) is 47.6 Å². The van der Waals surface area contributed by atoms with Gasteiger partial charge in [0.05, 0.1) is 13.2 Å². The van der Waals surface area contributed by atoms with E-state index in [1.165, 1.54) is 0 Å². The Kier molecular flexibility index (Phi) is 4.60. The largest absolute Gasteiger partial charge is 0.353 e. The SMILES string of the molecule is O=C1CCCCC(CCC2OCCCO2)N1. The molecule has 0 aromatic carbocycles. The molecule has 2 aliphatic heterocycles. The summed E-state index contributed by atoms with van der Waals surface area (Å²) < 4.78 is 11.0. The lowest BCUT2D eigenvalue weighted by Gasteiger charge is -2.25. The first-order valence-electron chi connectivity index (χ1n) is 6.37. The van der Waals surface area contributed by atoms with Crippen molar-refractivity contribution in [2.75, 3.05) is 13.2 Å². The van der Waals surface area contributed by atoms with Crippen LogP contribution in [0.2, 0.25) is 0 Å². The van der Waals surface area contributed by atoms with Crippen LogP contribution in [0.5, 0.6) is 0 Å². The molecule has 2 saturated heterocycles. The van der Waals surface area contributed by atoms with Crippen LogP contribution in [0.25, 0.3) is 0 Å². The fourth-order valence-electron chi connectivity index (χ4n) is 2.31. The average Bonchev–Trinajstić information content (AvgIpc) is 2.52.